The maximum absolute atomic E-state index is 12.2. The van der Waals surface area contributed by atoms with E-state index < -0.39 is 12.3 Å². The topological polar surface area (TPSA) is 26.0 Å². The summed E-state index contributed by atoms with van der Waals surface area (Å²) in [6.07, 6.45) is -1.57. The van der Waals surface area contributed by atoms with Crippen molar-refractivity contribution in [2.24, 2.45) is 5.92 Å². The summed E-state index contributed by atoms with van der Waals surface area (Å²) in [5.41, 5.74) is 7.16. The van der Waals surface area contributed by atoms with E-state index in [1.807, 2.05) is 12.1 Å². The van der Waals surface area contributed by atoms with Crippen molar-refractivity contribution in [3.05, 3.63) is 29.8 Å². The van der Waals surface area contributed by atoms with Crippen LogP contribution in [0.3, 0.4) is 0 Å². The van der Waals surface area contributed by atoms with Crippen molar-refractivity contribution < 1.29 is 8.78 Å². The van der Waals surface area contributed by atoms with Gasteiger partial charge >= 0.3 is 0 Å². The third kappa shape index (κ3) is 1.64. The van der Waals surface area contributed by atoms with Crippen LogP contribution in [0.2, 0.25) is 0 Å². The predicted molar refractivity (Wildman–Crippen MR) is 47.7 cm³/mol. The number of hydrogen-bond acceptors (Lipinski definition) is 1. The molecule has 0 radical (unpaired) electrons. The molecule has 2 atom stereocenters. The second-order valence-electron chi connectivity index (χ2n) is 3.51. The van der Waals surface area contributed by atoms with Crippen molar-refractivity contribution >= 4 is 5.69 Å². The molecule has 1 aliphatic rings. The number of hydrogen-bond donors (Lipinski definition) is 1. The maximum atomic E-state index is 12.2. The molecule has 0 heterocycles. The van der Waals surface area contributed by atoms with Crippen molar-refractivity contribution in [2.45, 2.75) is 18.8 Å². The van der Waals surface area contributed by atoms with Gasteiger partial charge in [-0.2, -0.15) is 0 Å². The van der Waals surface area contributed by atoms with Crippen LogP contribution in [0.4, 0.5) is 14.5 Å². The average molecular weight is 183 g/mol. The van der Waals surface area contributed by atoms with Crippen molar-refractivity contribution in [1.29, 1.82) is 0 Å². The molecule has 0 spiro atoms. The van der Waals surface area contributed by atoms with Gasteiger partial charge in [0.05, 0.1) is 0 Å². The summed E-state index contributed by atoms with van der Waals surface area (Å²) in [5, 5.41) is 0. The predicted octanol–water partition coefficient (Wildman–Crippen LogP) is 2.64. The lowest BCUT2D eigenvalue weighted by Gasteiger charge is -2.00. The number of halogens is 2. The van der Waals surface area contributed by atoms with E-state index in [0.29, 0.717) is 12.1 Å². The fourth-order valence-electron chi connectivity index (χ4n) is 1.62. The minimum absolute atomic E-state index is 0.0561. The first kappa shape index (κ1) is 8.48. The first-order valence-corrected chi connectivity index (χ1v) is 4.32. The smallest absolute Gasteiger partial charge is 0.242 e. The van der Waals surface area contributed by atoms with Gasteiger partial charge in [0, 0.05) is 11.6 Å². The van der Waals surface area contributed by atoms with Crippen LogP contribution < -0.4 is 5.73 Å². The van der Waals surface area contributed by atoms with Crippen molar-refractivity contribution in [3.8, 4) is 0 Å². The Kier molecular flexibility index (Phi) is 1.94. The molecule has 1 aromatic carbocycles. The van der Waals surface area contributed by atoms with Crippen LogP contribution in [0.1, 0.15) is 17.9 Å². The SMILES string of the molecule is Nc1ccc(C2CC2C(F)F)cc1. The summed E-state index contributed by atoms with van der Waals surface area (Å²) in [6.45, 7) is 0. The monoisotopic (exact) mass is 183 g/mol. The number of nitrogens with two attached hydrogens (primary N) is 1. The highest BCUT2D eigenvalue weighted by atomic mass is 19.3. The van der Waals surface area contributed by atoms with Gasteiger partial charge in [0.1, 0.15) is 0 Å². The largest absolute Gasteiger partial charge is 0.399 e. The van der Waals surface area contributed by atoms with Crippen molar-refractivity contribution in [2.75, 3.05) is 5.73 Å². The highest BCUT2D eigenvalue weighted by Crippen LogP contribution is 2.50. The summed E-state index contributed by atoms with van der Waals surface area (Å²) < 4.78 is 24.4. The molecular weight excluding hydrogens is 172 g/mol. The van der Waals surface area contributed by atoms with Crippen LogP contribution in [0.15, 0.2) is 24.3 Å². The molecule has 2 rings (SSSR count). The summed E-state index contributed by atoms with van der Waals surface area (Å²) in [6, 6.07) is 7.19. The third-order valence-corrected chi connectivity index (χ3v) is 2.53. The Morgan fingerprint density at radius 2 is 1.85 bits per heavy atom. The molecule has 1 fully saturated rings. The second kappa shape index (κ2) is 2.98. The molecule has 1 aliphatic carbocycles. The summed E-state index contributed by atoms with van der Waals surface area (Å²) in [5.74, 6) is -0.371. The Morgan fingerprint density at radius 3 is 2.31 bits per heavy atom. The molecular formula is C10H11F2N. The molecule has 0 aromatic heterocycles. The van der Waals surface area contributed by atoms with Gasteiger partial charge in [-0.15, -0.1) is 0 Å². The molecule has 0 saturated heterocycles. The lowest BCUT2D eigenvalue weighted by Crippen LogP contribution is -1.95. The molecule has 1 nitrogen and oxygen atoms in total. The summed E-state index contributed by atoms with van der Waals surface area (Å²) >= 11 is 0. The Bertz CT molecular complexity index is 294. The zero-order valence-electron chi connectivity index (χ0n) is 7.08. The number of nitrogen functional groups attached to an aromatic ring is 1. The quantitative estimate of drug-likeness (QED) is 0.701. The van der Waals surface area contributed by atoms with Crippen LogP contribution in [0, 0.1) is 5.92 Å². The zero-order valence-corrected chi connectivity index (χ0v) is 7.08. The van der Waals surface area contributed by atoms with Gasteiger partial charge in [-0.1, -0.05) is 12.1 Å². The normalized spacial score (nSPS) is 26.4. The average Bonchev–Trinajstić information content (AvgIpc) is 2.85. The van der Waals surface area contributed by atoms with Crippen LogP contribution >= 0.6 is 0 Å². The van der Waals surface area contributed by atoms with E-state index in [4.69, 9.17) is 5.73 Å². The lowest BCUT2D eigenvalue weighted by molar-refractivity contribution is 0.120. The highest BCUT2D eigenvalue weighted by molar-refractivity contribution is 5.41. The minimum Gasteiger partial charge on any atom is -0.399 e. The fourth-order valence-corrected chi connectivity index (χ4v) is 1.62. The van der Waals surface area contributed by atoms with Crippen molar-refractivity contribution in [1.82, 2.24) is 0 Å². The molecule has 0 aliphatic heterocycles. The van der Waals surface area contributed by atoms with Crippen molar-refractivity contribution in [3.63, 3.8) is 0 Å². The maximum Gasteiger partial charge on any atom is 0.242 e. The first-order chi connectivity index (χ1) is 6.18. The fraction of sp³-hybridized carbons (Fsp3) is 0.400. The Balaban J connectivity index is 2.08. The number of anilines is 1. The Hall–Kier alpha value is -1.12. The molecule has 13 heavy (non-hydrogen) atoms. The zero-order chi connectivity index (χ0) is 9.42. The number of benzene rings is 1. The van der Waals surface area contributed by atoms with Crippen LogP contribution in [-0.2, 0) is 0 Å². The van der Waals surface area contributed by atoms with Crippen LogP contribution in [0.5, 0.6) is 0 Å². The molecule has 2 N–H and O–H groups in total. The van der Waals surface area contributed by atoms with E-state index in [1.165, 1.54) is 0 Å². The van der Waals surface area contributed by atoms with Gasteiger partial charge < -0.3 is 5.73 Å². The molecule has 1 saturated carbocycles. The van der Waals surface area contributed by atoms with E-state index in [2.05, 4.69) is 0 Å². The lowest BCUT2D eigenvalue weighted by atomic mass is 10.1. The van der Waals surface area contributed by atoms with Gasteiger partial charge in [-0.3, -0.25) is 0 Å². The van der Waals surface area contributed by atoms with E-state index in [9.17, 15) is 8.78 Å². The first-order valence-electron chi connectivity index (χ1n) is 4.32. The Morgan fingerprint density at radius 1 is 1.23 bits per heavy atom. The van der Waals surface area contributed by atoms with Crippen LogP contribution in [0.25, 0.3) is 0 Å². The van der Waals surface area contributed by atoms with Gasteiger partial charge in [-0.25, -0.2) is 8.78 Å². The highest BCUT2D eigenvalue weighted by Gasteiger charge is 2.44. The molecule has 1 aromatic rings. The molecule has 3 heteroatoms. The number of alkyl halides is 2. The minimum atomic E-state index is -2.18. The van der Waals surface area contributed by atoms with E-state index in [0.717, 1.165) is 5.56 Å². The third-order valence-electron chi connectivity index (χ3n) is 2.53. The second-order valence-corrected chi connectivity index (χ2v) is 3.51. The van der Waals surface area contributed by atoms with E-state index in [1.54, 1.807) is 12.1 Å². The molecule has 0 amide bonds. The summed E-state index contributed by atoms with van der Waals surface area (Å²) in [7, 11) is 0. The van der Waals surface area contributed by atoms with Crippen LogP contribution in [-0.4, -0.2) is 6.43 Å². The molecule has 70 valence electrons. The summed E-state index contributed by atoms with van der Waals surface area (Å²) in [4.78, 5) is 0. The Labute approximate surface area is 75.6 Å². The van der Waals surface area contributed by atoms with Gasteiger partial charge in [0.25, 0.3) is 0 Å². The van der Waals surface area contributed by atoms with Gasteiger partial charge in [0.2, 0.25) is 6.43 Å². The van der Waals surface area contributed by atoms with Gasteiger partial charge in [0.15, 0.2) is 0 Å². The standard InChI is InChI=1S/C10H11F2N/c11-10(12)9-5-8(9)6-1-3-7(13)4-2-6/h1-4,8-10H,5,13H2. The van der Waals surface area contributed by atoms with Gasteiger partial charge in [-0.05, 0) is 30.0 Å². The van der Waals surface area contributed by atoms with E-state index in [-0.39, 0.29) is 5.92 Å². The molecule has 2 unspecified atom stereocenters. The van der Waals surface area contributed by atoms with E-state index >= 15 is 0 Å². The molecule has 0 bridgehead atoms. The number of rotatable bonds is 2.